The maximum atomic E-state index is 11.9. The van der Waals surface area contributed by atoms with Crippen molar-refractivity contribution in [1.29, 1.82) is 0 Å². The van der Waals surface area contributed by atoms with Gasteiger partial charge in [-0.05, 0) is 70.1 Å². The molecule has 4 fully saturated rings. The maximum Gasteiger partial charge on any atom is 0.307 e. The van der Waals surface area contributed by atoms with Crippen molar-refractivity contribution in [1.82, 2.24) is 0 Å². The lowest BCUT2D eigenvalue weighted by Crippen LogP contribution is -2.57. The minimum absolute atomic E-state index is 0.0734. The molecule has 0 N–H and O–H groups in total. The average Bonchev–Trinajstić information content (AvgIpc) is 2.26. The summed E-state index contributed by atoms with van der Waals surface area (Å²) in [5.74, 6) is 3.20. The van der Waals surface area contributed by atoms with E-state index in [1.165, 1.54) is 38.5 Å². The van der Waals surface area contributed by atoms with Gasteiger partial charge in [-0.25, -0.2) is 0 Å². The van der Waals surface area contributed by atoms with E-state index in [0.29, 0.717) is 12.2 Å². The molecular formula is C16H26O2S. The van der Waals surface area contributed by atoms with E-state index in [1.807, 2.05) is 0 Å². The monoisotopic (exact) mass is 282 g/mol. The molecule has 3 heteroatoms. The van der Waals surface area contributed by atoms with Gasteiger partial charge in [0.2, 0.25) is 0 Å². The molecule has 0 heterocycles. The van der Waals surface area contributed by atoms with Crippen molar-refractivity contribution in [3.63, 3.8) is 0 Å². The van der Waals surface area contributed by atoms with Crippen molar-refractivity contribution in [2.24, 2.45) is 23.2 Å². The summed E-state index contributed by atoms with van der Waals surface area (Å²) in [7, 11) is 0. The summed E-state index contributed by atoms with van der Waals surface area (Å²) in [5.41, 5.74) is -0.0446. The smallest absolute Gasteiger partial charge is 0.307 e. The topological polar surface area (TPSA) is 26.3 Å². The van der Waals surface area contributed by atoms with Crippen LogP contribution in [0.25, 0.3) is 0 Å². The molecule has 0 unspecified atom stereocenters. The fourth-order valence-corrected chi connectivity index (χ4v) is 5.57. The molecule has 4 aliphatic carbocycles. The Labute approximate surface area is 122 Å². The highest BCUT2D eigenvalue weighted by atomic mass is 32.1. The van der Waals surface area contributed by atoms with Crippen LogP contribution in [0.3, 0.4) is 0 Å². The third kappa shape index (κ3) is 2.32. The molecule has 0 aromatic rings. The molecule has 4 aliphatic rings. The fraction of sp³-hybridized carbons (Fsp3) is 0.938. The lowest BCUT2D eigenvalue weighted by atomic mass is 9.46. The highest BCUT2D eigenvalue weighted by Crippen LogP contribution is 2.64. The summed E-state index contributed by atoms with van der Waals surface area (Å²) in [4.78, 5) is 11.9. The van der Waals surface area contributed by atoms with Crippen molar-refractivity contribution in [3.05, 3.63) is 0 Å². The molecule has 2 nitrogen and oxygen atoms in total. The molecule has 0 amide bonds. The van der Waals surface area contributed by atoms with Crippen LogP contribution in [0.1, 0.15) is 58.8 Å². The van der Waals surface area contributed by atoms with Crippen molar-refractivity contribution in [2.45, 2.75) is 64.4 Å². The van der Waals surface area contributed by atoms with Gasteiger partial charge in [-0.3, -0.25) is 4.79 Å². The predicted molar refractivity (Wildman–Crippen MR) is 79.2 cm³/mol. The Bertz CT molecular complexity index is 340. The lowest BCUT2D eigenvalue weighted by Gasteiger charge is -2.61. The Morgan fingerprint density at radius 1 is 1.16 bits per heavy atom. The number of hydrogen-bond donors (Lipinski definition) is 1. The first-order chi connectivity index (χ1) is 8.94. The minimum atomic E-state index is -0.303. The molecule has 0 saturated heterocycles. The van der Waals surface area contributed by atoms with Crippen LogP contribution in [0.15, 0.2) is 0 Å². The molecule has 4 rings (SSSR count). The van der Waals surface area contributed by atoms with E-state index in [-0.39, 0.29) is 17.0 Å². The standard InChI is InChI=1S/C16H26O2S/c1-15(2,18-14(17)3-4-19)16-8-11-5-12(9-16)7-13(6-11)10-16/h11-13,19H,3-10H2,1-2H3. The first kappa shape index (κ1) is 13.8. The number of hydrogen-bond acceptors (Lipinski definition) is 3. The van der Waals surface area contributed by atoms with Gasteiger partial charge in [0.1, 0.15) is 5.60 Å². The summed E-state index contributed by atoms with van der Waals surface area (Å²) in [6.45, 7) is 4.30. The van der Waals surface area contributed by atoms with E-state index >= 15 is 0 Å². The van der Waals surface area contributed by atoms with Gasteiger partial charge in [-0.2, -0.15) is 12.6 Å². The van der Waals surface area contributed by atoms with Gasteiger partial charge in [0.25, 0.3) is 0 Å². The van der Waals surface area contributed by atoms with E-state index < -0.39 is 0 Å². The molecule has 0 aromatic carbocycles. The number of rotatable bonds is 4. The Morgan fingerprint density at radius 3 is 2.05 bits per heavy atom. The van der Waals surface area contributed by atoms with Crippen LogP contribution >= 0.6 is 12.6 Å². The molecule has 0 aromatic heterocycles. The summed E-state index contributed by atoms with van der Waals surface area (Å²) in [6, 6.07) is 0. The Kier molecular flexibility index (Phi) is 3.40. The third-order valence-corrected chi connectivity index (χ3v) is 6.22. The van der Waals surface area contributed by atoms with Crippen molar-refractivity contribution < 1.29 is 9.53 Å². The number of carbonyl (C=O) groups excluding carboxylic acids is 1. The van der Waals surface area contributed by atoms with Gasteiger partial charge in [0.05, 0.1) is 6.42 Å². The zero-order chi connectivity index (χ0) is 13.7. The number of ether oxygens (including phenoxy) is 1. The van der Waals surface area contributed by atoms with Gasteiger partial charge in [-0.15, -0.1) is 0 Å². The fourth-order valence-electron chi connectivity index (χ4n) is 5.38. The van der Waals surface area contributed by atoms with Gasteiger partial charge in [0.15, 0.2) is 0 Å². The van der Waals surface area contributed by atoms with Gasteiger partial charge in [0, 0.05) is 11.2 Å². The van der Waals surface area contributed by atoms with Gasteiger partial charge in [-0.1, -0.05) is 0 Å². The zero-order valence-corrected chi connectivity index (χ0v) is 13.0. The second-order valence-corrected chi connectivity index (χ2v) is 8.10. The van der Waals surface area contributed by atoms with Crippen LogP contribution in [0, 0.1) is 23.2 Å². The maximum absolute atomic E-state index is 11.9. The van der Waals surface area contributed by atoms with Crippen molar-refractivity contribution >= 4 is 18.6 Å². The van der Waals surface area contributed by atoms with Crippen molar-refractivity contribution in [3.8, 4) is 0 Å². The van der Waals surface area contributed by atoms with E-state index in [4.69, 9.17) is 4.74 Å². The van der Waals surface area contributed by atoms with Crippen LogP contribution < -0.4 is 0 Å². The molecule has 0 atom stereocenters. The molecular weight excluding hydrogens is 256 g/mol. The van der Waals surface area contributed by atoms with E-state index in [1.54, 1.807) is 0 Å². The van der Waals surface area contributed by atoms with Crippen LogP contribution in [0.2, 0.25) is 0 Å². The largest absolute Gasteiger partial charge is 0.459 e. The highest BCUT2D eigenvalue weighted by Gasteiger charge is 2.58. The third-order valence-electron chi connectivity index (χ3n) is 6.00. The quantitative estimate of drug-likeness (QED) is 0.626. The van der Waals surface area contributed by atoms with E-state index in [9.17, 15) is 4.79 Å². The van der Waals surface area contributed by atoms with Gasteiger partial charge < -0.3 is 4.74 Å². The van der Waals surface area contributed by atoms with Crippen LogP contribution in [0.5, 0.6) is 0 Å². The number of thiol groups is 1. The zero-order valence-electron chi connectivity index (χ0n) is 12.2. The summed E-state index contributed by atoms with van der Waals surface area (Å²) in [6.07, 6.45) is 8.55. The summed E-state index contributed by atoms with van der Waals surface area (Å²) < 4.78 is 5.88. The Hall–Kier alpha value is -0.180. The van der Waals surface area contributed by atoms with Crippen LogP contribution in [-0.4, -0.2) is 17.3 Å². The average molecular weight is 282 g/mol. The summed E-state index contributed by atoms with van der Waals surface area (Å²) in [5, 5.41) is 0. The first-order valence-corrected chi connectivity index (χ1v) is 8.40. The Balaban J connectivity index is 1.78. The highest BCUT2D eigenvalue weighted by molar-refractivity contribution is 7.80. The van der Waals surface area contributed by atoms with Crippen molar-refractivity contribution in [2.75, 3.05) is 5.75 Å². The van der Waals surface area contributed by atoms with E-state index in [2.05, 4.69) is 26.5 Å². The molecule has 4 saturated carbocycles. The normalized spacial score (nSPS) is 40.5. The molecule has 19 heavy (non-hydrogen) atoms. The molecule has 108 valence electrons. The SMILES string of the molecule is CC(C)(OC(=O)CCS)C12CC3CC(CC(C3)C1)C2. The molecule has 0 radical (unpaired) electrons. The molecule has 4 bridgehead atoms. The van der Waals surface area contributed by atoms with Crippen LogP contribution in [-0.2, 0) is 9.53 Å². The van der Waals surface area contributed by atoms with Gasteiger partial charge >= 0.3 is 5.97 Å². The first-order valence-electron chi connectivity index (χ1n) is 7.77. The van der Waals surface area contributed by atoms with Crippen LogP contribution in [0.4, 0.5) is 0 Å². The predicted octanol–water partition coefficient (Wildman–Crippen LogP) is 3.84. The second kappa shape index (κ2) is 4.68. The van der Waals surface area contributed by atoms with E-state index in [0.717, 1.165) is 17.8 Å². The molecule has 0 spiro atoms. The lowest BCUT2D eigenvalue weighted by molar-refractivity contribution is -0.198. The number of carbonyl (C=O) groups is 1. The minimum Gasteiger partial charge on any atom is -0.459 e. The second-order valence-electron chi connectivity index (χ2n) is 7.66. The Morgan fingerprint density at radius 2 is 1.63 bits per heavy atom. The number of esters is 1. The molecule has 0 aliphatic heterocycles. The summed E-state index contributed by atoms with van der Waals surface area (Å²) >= 11 is 4.13.